The van der Waals surface area contributed by atoms with Crippen molar-refractivity contribution in [2.75, 3.05) is 19.7 Å². The molecule has 2 heterocycles. The average Bonchev–Trinajstić information content (AvgIpc) is 2.45. The minimum Gasteiger partial charge on any atom is -0.372 e. The number of hydrogen-bond donors (Lipinski definition) is 1. The molecule has 0 amide bonds. The molecule has 3 nitrogen and oxygen atoms in total. The summed E-state index contributed by atoms with van der Waals surface area (Å²) >= 11 is 0. The fourth-order valence-corrected chi connectivity index (χ4v) is 2.50. The summed E-state index contributed by atoms with van der Waals surface area (Å²) in [5.74, 6) is 0.903. The molecule has 3 heteroatoms. The van der Waals surface area contributed by atoms with Gasteiger partial charge in [-0.2, -0.15) is 0 Å². The number of aromatic nitrogens is 1. The highest BCUT2D eigenvalue weighted by atomic mass is 16.5. The first-order valence-electron chi connectivity index (χ1n) is 7.09. The van der Waals surface area contributed by atoms with Gasteiger partial charge < -0.3 is 10.1 Å². The summed E-state index contributed by atoms with van der Waals surface area (Å²) in [6.07, 6.45) is 7.06. The monoisotopic (exact) mass is 248 g/mol. The van der Waals surface area contributed by atoms with E-state index >= 15 is 0 Å². The van der Waals surface area contributed by atoms with E-state index in [-0.39, 0.29) is 6.10 Å². The Labute approximate surface area is 110 Å². The quantitative estimate of drug-likeness (QED) is 0.786. The first-order chi connectivity index (χ1) is 8.86. The molecular weight excluding hydrogens is 224 g/mol. The van der Waals surface area contributed by atoms with Crippen molar-refractivity contribution < 1.29 is 4.74 Å². The third-order valence-corrected chi connectivity index (χ3v) is 3.69. The Hall–Kier alpha value is -0.930. The van der Waals surface area contributed by atoms with E-state index in [1.165, 1.54) is 38.8 Å². The van der Waals surface area contributed by atoms with Gasteiger partial charge in [-0.1, -0.05) is 6.07 Å². The maximum Gasteiger partial charge on any atom is 0.0966 e. The zero-order valence-electron chi connectivity index (χ0n) is 11.3. The van der Waals surface area contributed by atoms with Gasteiger partial charge in [-0.25, -0.2) is 0 Å². The molecule has 1 fully saturated rings. The zero-order valence-corrected chi connectivity index (χ0v) is 11.3. The molecule has 0 radical (unpaired) electrons. The number of pyridine rings is 1. The van der Waals surface area contributed by atoms with Crippen LogP contribution in [0.1, 0.15) is 44.4 Å². The van der Waals surface area contributed by atoms with Crippen LogP contribution in [0.5, 0.6) is 0 Å². The molecule has 1 aliphatic heterocycles. The molecule has 1 aromatic heterocycles. The Morgan fingerprint density at radius 1 is 1.39 bits per heavy atom. The van der Waals surface area contributed by atoms with Crippen LogP contribution in [0.25, 0.3) is 0 Å². The fourth-order valence-electron chi connectivity index (χ4n) is 2.50. The van der Waals surface area contributed by atoms with Gasteiger partial charge in [0.15, 0.2) is 0 Å². The van der Waals surface area contributed by atoms with Crippen LogP contribution in [0.2, 0.25) is 0 Å². The summed E-state index contributed by atoms with van der Waals surface area (Å²) in [4.78, 5) is 4.31. The molecule has 0 aliphatic carbocycles. The van der Waals surface area contributed by atoms with Crippen molar-refractivity contribution in [2.45, 2.75) is 38.7 Å². The molecule has 0 bridgehead atoms. The van der Waals surface area contributed by atoms with Gasteiger partial charge in [-0.3, -0.25) is 4.98 Å². The van der Waals surface area contributed by atoms with Crippen LogP contribution in [0.3, 0.4) is 0 Å². The maximum atomic E-state index is 5.84. The number of nitrogens with one attached hydrogen (secondary N) is 1. The Kier molecular flexibility index (Phi) is 5.62. The summed E-state index contributed by atoms with van der Waals surface area (Å²) in [6.45, 7) is 5.31. The van der Waals surface area contributed by atoms with E-state index in [9.17, 15) is 0 Å². The highest BCUT2D eigenvalue weighted by Gasteiger charge is 2.12. The van der Waals surface area contributed by atoms with Crippen molar-refractivity contribution in [1.29, 1.82) is 0 Å². The Bertz CT molecular complexity index is 323. The number of rotatable bonds is 6. The molecule has 0 saturated carbocycles. The van der Waals surface area contributed by atoms with E-state index in [0.717, 1.165) is 18.2 Å². The first kappa shape index (κ1) is 13.5. The van der Waals surface area contributed by atoms with Gasteiger partial charge in [0, 0.05) is 12.8 Å². The average molecular weight is 248 g/mol. The molecule has 1 aromatic rings. The molecule has 0 unspecified atom stereocenters. The van der Waals surface area contributed by atoms with Crippen LogP contribution < -0.4 is 5.32 Å². The minimum absolute atomic E-state index is 0.110. The number of ether oxygens (including phenoxy) is 1. The molecule has 100 valence electrons. The molecule has 18 heavy (non-hydrogen) atoms. The lowest BCUT2D eigenvalue weighted by Gasteiger charge is -2.22. The Morgan fingerprint density at radius 3 is 2.94 bits per heavy atom. The van der Waals surface area contributed by atoms with Gasteiger partial charge in [0.1, 0.15) is 0 Å². The number of nitrogens with zero attached hydrogens (tertiary/aromatic N) is 1. The Morgan fingerprint density at radius 2 is 2.22 bits per heavy atom. The van der Waals surface area contributed by atoms with Crippen molar-refractivity contribution in [3.8, 4) is 0 Å². The van der Waals surface area contributed by atoms with Crippen LogP contribution in [0.15, 0.2) is 24.4 Å². The highest BCUT2D eigenvalue weighted by molar-refractivity contribution is 5.05. The maximum absolute atomic E-state index is 5.84. The largest absolute Gasteiger partial charge is 0.372 e. The fraction of sp³-hybridized carbons (Fsp3) is 0.667. The van der Waals surface area contributed by atoms with Crippen molar-refractivity contribution in [3.05, 3.63) is 30.1 Å². The summed E-state index contributed by atoms with van der Waals surface area (Å²) < 4.78 is 5.84. The summed E-state index contributed by atoms with van der Waals surface area (Å²) in [5, 5.41) is 3.41. The summed E-state index contributed by atoms with van der Waals surface area (Å²) in [7, 11) is 0. The molecular formula is C15H24N2O. The number of piperidine rings is 1. The van der Waals surface area contributed by atoms with E-state index in [0.29, 0.717) is 0 Å². The lowest BCUT2D eigenvalue weighted by molar-refractivity contribution is 0.0573. The lowest BCUT2D eigenvalue weighted by atomic mass is 9.93. The molecule has 1 N–H and O–H groups in total. The zero-order chi connectivity index (χ0) is 12.6. The van der Waals surface area contributed by atoms with E-state index < -0.39 is 0 Å². The lowest BCUT2D eigenvalue weighted by Crippen LogP contribution is -2.27. The topological polar surface area (TPSA) is 34.1 Å². The van der Waals surface area contributed by atoms with Crippen LogP contribution >= 0.6 is 0 Å². The molecule has 1 saturated heterocycles. The standard InChI is InChI=1S/C15H24N2O/c1-13(15-6-2-3-9-17-15)18-12-4-5-14-7-10-16-11-8-14/h2-3,6,9,13-14,16H,4-5,7-8,10-12H2,1H3/t13-/m1/s1. The molecule has 1 atom stereocenters. The van der Waals surface area contributed by atoms with Gasteiger partial charge >= 0.3 is 0 Å². The summed E-state index contributed by atoms with van der Waals surface area (Å²) in [5.41, 5.74) is 1.03. The van der Waals surface area contributed by atoms with Crippen molar-refractivity contribution in [1.82, 2.24) is 10.3 Å². The second-order valence-electron chi connectivity index (χ2n) is 5.10. The van der Waals surface area contributed by atoms with E-state index in [1.807, 2.05) is 24.4 Å². The number of hydrogen-bond acceptors (Lipinski definition) is 3. The van der Waals surface area contributed by atoms with Gasteiger partial charge in [0.25, 0.3) is 0 Å². The van der Waals surface area contributed by atoms with Gasteiger partial charge in [-0.15, -0.1) is 0 Å². The van der Waals surface area contributed by atoms with Crippen LogP contribution in [-0.2, 0) is 4.74 Å². The van der Waals surface area contributed by atoms with Crippen LogP contribution in [0.4, 0.5) is 0 Å². The van der Waals surface area contributed by atoms with E-state index in [1.54, 1.807) is 0 Å². The third kappa shape index (κ3) is 4.39. The normalized spacial score (nSPS) is 18.7. The minimum atomic E-state index is 0.110. The van der Waals surface area contributed by atoms with Crippen molar-refractivity contribution >= 4 is 0 Å². The molecule has 0 aromatic carbocycles. The predicted octanol–water partition coefficient (Wildman–Crippen LogP) is 2.94. The van der Waals surface area contributed by atoms with Gasteiger partial charge in [-0.05, 0) is 63.7 Å². The predicted molar refractivity (Wildman–Crippen MR) is 73.4 cm³/mol. The second-order valence-corrected chi connectivity index (χ2v) is 5.10. The smallest absolute Gasteiger partial charge is 0.0966 e. The van der Waals surface area contributed by atoms with Crippen LogP contribution in [0, 0.1) is 5.92 Å². The Balaban J connectivity index is 1.60. The SMILES string of the molecule is C[C@@H](OCCCC1CCNCC1)c1ccccn1. The van der Waals surface area contributed by atoms with Crippen LogP contribution in [-0.4, -0.2) is 24.7 Å². The first-order valence-corrected chi connectivity index (χ1v) is 7.09. The highest BCUT2D eigenvalue weighted by Crippen LogP contribution is 2.19. The van der Waals surface area contributed by atoms with Gasteiger partial charge in [0.05, 0.1) is 11.8 Å². The molecule has 2 rings (SSSR count). The molecule has 0 spiro atoms. The summed E-state index contributed by atoms with van der Waals surface area (Å²) in [6, 6.07) is 5.97. The third-order valence-electron chi connectivity index (χ3n) is 3.69. The van der Waals surface area contributed by atoms with Crippen molar-refractivity contribution in [2.24, 2.45) is 5.92 Å². The second kappa shape index (κ2) is 7.49. The van der Waals surface area contributed by atoms with E-state index in [4.69, 9.17) is 4.74 Å². The van der Waals surface area contributed by atoms with Gasteiger partial charge in [0.2, 0.25) is 0 Å². The van der Waals surface area contributed by atoms with Crippen molar-refractivity contribution in [3.63, 3.8) is 0 Å². The van der Waals surface area contributed by atoms with E-state index in [2.05, 4.69) is 17.2 Å². The molecule has 1 aliphatic rings.